The maximum absolute atomic E-state index is 13.1. The number of alkyl carbamates (subject to hydrolysis) is 1. The molecule has 5 rings (SSSR count). The molecule has 1 saturated carbocycles. The van der Waals surface area contributed by atoms with Crippen LogP contribution in [0.1, 0.15) is 42.7 Å². The van der Waals surface area contributed by atoms with E-state index >= 15 is 0 Å². The lowest BCUT2D eigenvalue weighted by molar-refractivity contribution is -0.143. The van der Waals surface area contributed by atoms with Crippen molar-refractivity contribution in [1.82, 2.24) is 10.6 Å². The average Bonchev–Trinajstić information content (AvgIpc) is 3.59. The number of aliphatic carboxylic acids is 1. The zero-order chi connectivity index (χ0) is 24.4. The molecular weight excluding hydrogens is 448 g/mol. The third-order valence-electron chi connectivity index (χ3n) is 7.64. The van der Waals surface area contributed by atoms with E-state index in [4.69, 9.17) is 9.47 Å². The molecule has 3 N–H and O–H groups in total. The first-order valence-corrected chi connectivity index (χ1v) is 12.2. The van der Waals surface area contributed by atoms with E-state index in [2.05, 4.69) is 34.9 Å². The van der Waals surface area contributed by atoms with Crippen LogP contribution < -0.4 is 10.6 Å². The minimum Gasteiger partial charge on any atom is -0.481 e. The van der Waals surface area contributed by atoms with E-state index in [1.54, 1.807) is 0 Å². The highest BCUT2D eigenvalue weighted by molar-refractivity contribution is 5.90. The smallest absolute Gasteiger partial charge is 0.408 e. The molecule has 35 heavy (non-hydrogen) atoms. The molecule has 3 aliphatic rings. The molecule has 0 radical (unpaired) electrons. The minimum absolute atomic E-state index is 0.0516. The lowest BCUT2D eigenvalue weighted by atomic mass is 9.94. The molecule has 1 unspecified atom stereocenters. The van der Waals surface area contributed by atoms with Gasteiger partial charge < -0.3 is 25.2 Å². The summed E-state index contributed by atoms with van der Waals surface area (Å²) in [7, 11) is 0. The molecule has 8 nitrogen and oxygen atoms in total. The first-order valence-electron chi connectivity index (χ1n) is 12.2. The summed E-state index contributed by atoms with van der Waals surface area (Å²) < 4.78 is 11.1. The highest BCUT2D eigenvalue weighted by Gasteiger charge is 2.45. The van der Waals surface area contributed by atoms with E-state index < -0.39 is 23.5 Å². The Hall–Kier alpha value is -3.39. The van der Waals surface area contributed by atoms with Gasteiger partial charge >= 0.3 is 12.1 Å². The second kappa shape index (κ2) is 9.70. The minimum atomic E-state index is -1.22. The predicted molar refractivity (Wildman–Crippen MR) is 128 cm³/mol. The molecule has 1 saturated heterocycles. The Balaban J connectivity index is 1.22. The van der Waals surface area contributed by atoms with Crippen molar-refractivity contribution in [3.05, 3.63) is 59.7 Å². The van der Waals surface area contributed by atoms with Gasteiger partial charge in [0.2, 0.25) is 5.91 Å². The number of ether oxygens (including phenoxy) is 2. The first-order chi connectivity index (χ1) is 17.0. The molecule has 3 atom stereocenters. The van der Waals surface area contributed by atoms with Gasteiger partial charge in [0.15, 0.2) is 0 Å². The lowest BCUT2D eigenvalue weighted by Crippen LogP contribution is -2.60. The zero-order valence-corrected chi connectivity index (χ0v) is 19.5. The van der Waals surface area contributed by atoms with Crippen LogP contribution in [0, 0.1) is 11.8 Å². The third-order valence-corrected chi connectivity index (χ3v) is 7.64. The van der Waals surface area contributed by atoms with Gasteiger partial charge in [-0.2, -0.15) is 0 Å². The van der Waals surface area contributed by atoms with E-state index in [-0.39, 0.29) is 37.5 Å². The molecule has 1 aliphatic heterocycles. The summed E-state index contributed by atoms with van der Waals surface area (Å²) in [6, 6.07) is 16.2. The van der Waals surface area contributed by atoms with Crippen molar-refractivity contribution >= 4 is 18.0 Å². The van der Waals surface area contributed by atoms with Gasteiger partial charge in [0.25, 0.3) is 0 Å². The lowest BCUT2D eigenvalue weighted by Gasteiger charge is -2.28. The Labute approximate surface area is 204 Å². The van der Waals surface area contributed by atoms with Crippen molar-refractivity contribution in [1.29, 1.82) is 0 Å². The number of benzene rings is 2. The Kier molecular flexibility index (Phi) is 6.47. The molecule has 1 heterocycles. The fourth-order valence-electron chi connectivity index (χ4n) is 5.73. The number of carboxylic acid groups (broad SMARTS) is 1. The topological polar surface area (TPSA) is 114 Å². The third kappa shape index (κ3) is 4.50. The summed E-state index contributed by atoms with van der Waals surface area (Å²) in [5.74, 6) is -1.81. The number of fused-ring (bicyclic) bond motifs is 3. The molecule has 2 fully saturated rings. The summed E-state index contributed by atoms with van der Waals surface area (Å²) in [5, 5.41) is 15.0. The molecule has 184 valence electrons. The van der Waals surface area contributed by atoms with Gasteiger partial charge in [-0.15, -0.1) is 0 Å². The Morgan fingerprint density at radius 1 is 1.03 bits per heavy atom. The van der Waals surface area contributed by atoms with Crippen LogP contribution in [0.25, 0.3) is 11.1 Å². The summed E-state index contributed by atoms with van der Waals surface area (Å²) >= 11 is 0. The largest absolute Gasteiger partial charge is 0.481 e. The number of carboxylic acids is 1. The second-order valence-electron chi connectivity index (χ2n) is 9.68. The first kappa shape index (κ1) is 23.4. The van der Waals surface area contributed by atoms with Gasteiger partial charge in [-0.1, -0.05) is 55.0 Å². The monoisotopic (exact) mass is 478 g/mol. The fourth-order valence-corrected chi connectivity index (χ4v) is 5.73. The molecule has 0 spiro atoms. The van der Waals surface area contributed by atoms with Gasteiger partial charge in [0.1, 0.15) is 12.1 Å². The molecule has 2 aromatic carbocycles. The summed E-state index contributed by atoms with van der Waals surface area (Å²) in [6.07, 6.45) is 1.89. The van der Waals surface area contributed by atoms with Crippen LogP contribution in [0.15, 0.2) is 48.5 Å². The van der Waals surface area contributed by atoms with Gasteiger partial charge in [-0.25, -0.2) is 4.79 Å². The van der Waals surface area contributed by atoms with Crippen molar-refractivity contribution in [3.63, 3.8) is 0 Å². The van der Waals surface area contributed by atoms with Crippen molar-refractivity contribution in [2.75, 3.05) is 26.4 Å². The van der Waals surface area contributed by atoms with Crippen LogP contribution in [0.5, 0.6) is 0 Å². The van der Waals surface area contributed by atoms with Crippen molar-refractivity contribution in [3.8, 4) is 11.1 Å². The molecule has 2 aliphatic carbocycles. The van der Waals surface area contributed by atoms with Gasteiger partial charge in [-0.05, 0) is 41.0 Å². The maximum Gasteiger partial charge on any atom is 0.408 e. The summed E-state index contributed by atoms with van der Waals surface area (Å²) in [4.78, 5) is 37.4. The maximum atomic E-state index is 13.1. The van der Waals surface area contributed by atoms with Crippen LogP contribution in [0.2, 0.25) is 0 Å². The summed E-state index contributed by atoms with van der Waals surface area (Å²) in [5.41, 5.74) is 3.29. The second-order valence-corrected chi connectivity index (χ2v) is 9.68. The number of rotatable bonds is 7. The Bertz CT molecular complexity index is 1080. The van der Waals surface area contributed by atoms with Crippen LogP contribution in [0.3, 0.4) is 0 Å². The van der Waals surface area contributed by atoms with E-state index in [0.717, 1.165) is 35.1 Å². The average molecular weight is 479 g/mol. The number of carbonyl (C=O) groups excluding carboxylic acids is 2. The van der Waals surface area contributed by atoms with Crippen LogP contribution >= 0.6 is 0 Å². The van der Waals surface area contributed by atoms with E-state index in [1.807, 2.05) is 24.3 Å². The van der Waals surface area contributed by atoms with Crippen molar-refractivity contribution < 1.29 is 29.0 Å². The number of amides is 2. The van der Waals surface area contributed by atoms with Gasteiger partial charge in [-0.3, -0.25) is 9.59 Å². The number of hydrogen-bond acceptors (Lipinski definition) is 5. The number of hydrogen-bond donors (Lipinski definition) is 3. The number of carbonyl (C=O) groups is 3. The molecule has 2 amide bonds. The molecule has 2 aromatic rings. The normalized spacial score (nSPS) is 25.0. The van der Waals surface area contributed by atoms with Gasteiger partial charge in [0, 0.05) is 25.5 Å². The molecule has 0 aromatic heterocycles. The van der Waals surface area contributed by atoms with Crippen molar-refractivity contribution in [2.45, 2.75) is 37.1 Å². The Morgan fingerprint density at radius 2 is 1.71 bits per heavy atom. The van der Waals surface area contributed by atoms with E-state index in [1.165, 1.54) is 0 Å². The van der Waals surface area contributed by atoms with Gasteiger partial charge in [0.05, 0.1) is 12.5 Å². The highest BCUT2D eigenvalue weighted by Crippen LogP contribution is 2.44. The van der Waals surface area contributed by atoms with Crippen molar-refractivity contribution in [2.24, 2.45) is 11.8 Å². The highest BCUT2D eigenvalue weighted by atomic mass is 16.6. The molecular formula is C27H30N2O6. The fraction of sp³-hybridized carbons (Fsp3) is 0.444. The SMILES string of the molecule is O=C(NC1(C(=O)NC[C@@H]2CCC[C@@H]2C(=O)O)CCOC1)OCC1c2ccccc2-c2ccccc21. The zero-order valence-electron chi connectivity index (χ0n) is 19.5. The van der Waals surface area contributed by atoms with Crippen LogP contribution in [-0.2, 0) is 19.1 Å². The molecule has 0 bridgehead atoms. The van der Waals surface area contributed by atoms with E-state index in [0.29, 0.717) is 19.4 Å². The molecule has 8 heteroatoms. The predicted octanol–water partition coefficient (Wildman–Crippen LogP) is 3.30. The van der Waals surface area contributed by atoms with Crippen LogP contribution in [-0.4, -0.2) is 55.0 Å². The standard InChI is InChI=1S/C27H30N2O6/c30-24(31)18-11-5-6-17(18)14-28-25(32)27(12-13-34-16-27)29-26(33)35-15-23-21-9-3-1-7-19(21)20-8-2-4-10-22(20)23/h1-4,7-10,17-18,23H,5-6,11-16H2,(H,28,32)(H,29,33)(H,30,31)/t17-,18-,27?/m0/s1. The Morgan fingerprint density at radius 3 is 2.34 bits per heavy atom. The quantitative estimate of drug-likeness (QED) is 0.563. The van der Waals surface area contributed by atoms with Crippen LogP contribution in [0.4, 0.5) is 4.79 Å². The summed E-state index contributed by atoms with van der Waals surface area (Å²) in [6.45, 7) is 0.818. The number of nitrogens with one attached hydrogen (secondary N) is 2. The van der Waals surface area contributed by atoms with E-state index in [9.17, 15) is 19.5 Å².